The van der Waals surface area contributed by atoms with Gasteiger partial charge in [-0.15, -0.1) is 0 Å². The quantitative estimate of drug-likeness (QED) is 0.779. The summed E-state index contributed by atoms with van der Waals surface area (Å²) in [7, 11) is 3.37. The number of carbonyl (C=O) groups excluding carboxylic acids is 2. The molecule has 1 heterocycles. The van der Waals surface area contributed by atoms with Crippen LogP contribution in [0.5, 0.6) is 0 Å². The second kappa shape index (κ2) is 7.59. The van der Waals surface area contributed by atoms with Crippen LogP contribution in [0.25, 0.3) is 0 Å². The van der Waals surface area contributed by atoms with Crippen molar-refractivity contribution in [3.8, 4) is 0 Å². The molecule has 2 rings (SSSR count). The third kappa shape index (κ3) is 4.10. The van der Waals surface area contributed by atoms with Crippen molar-refractivity contribution >= 4 is 11.9 Å². The van der Waals surface area contributed by atoms with E-state index in [1.54, 1.807) is 6.92 Å². The van der Waals surface area contributed by atoms with E-state index in [2.05, 4.69) is 0 Å². The Morgan fingerprint density at radius 3 is 2.65 bits per heavy atom. The van der Waals surface area contributed by atoms with E-state index in [1.165, 1.54) is 7.11 Å². The van der Waals surface area contributed by atoms with Gasteiger partial charge in [-0.2, -0.15) is 0 Å². The molecule has 0 radical (unpaired) electrons. The molecule has 0 bridgehead atoms. The molecule has 1 saturated heterocycles. The molecule has 0 saturated carbocycles. The van der Waals surface area contributed by atoms with Crippen LogP contribution in [0.15, 0.2) is 24.3 Å². The maximum Gasteiger partial charge on any atom is 0.327 e. The highest BCUT2D eigenvalue weighted by Gasteiger charge is 2.31. The fourth-order valence-electron chi connectivity index (χ4n) is 3.33. The first kappa shape index (κ1) is 17.5. The lowest BCUT2D eigenvalue weighted by molar-refractivity contribution is -0.147. The Balaban J connectivity index is 2.12. The van der Waals surface area contributed by atoms with Crippen molar-refractivity contribution in [3.63, 3.8) is 0 Å². The molecule has 1 aromatic rings. The van der Waals surface area contributed by atoms with Gasteiger partial charge in [0.15, 0.2) is 0 Å². The average molecular weight is 318 g/mol. The fourth-order valence-corrected chi connectivity index (χ4v) is 3.33. The summed E-state index contributed by atoms with van der Waals surface area (Å²) < 4.78 is 5.02. The third-order valence-electron chi connectivity index (χ3n) is 4.63. The molecular weight excluding hydrogens is 292 g/mol. The van der Waals surface area contributed by atoms with E-state index in [9.17, 15) is 9.59 Å². The minimum absolute atomic E-state index is 0.124. The largest absolute Gasteiger partial charge is 0.468 e. The lowest BCUT2D eigenvalue weighted by Gasteiger charge is -2.29. The third-order valence-corrected chi connectivity index (χ3v) is 4.63. The van der Waals surface area contributed by atoms with Gasteiger partial charge in [0.25, 0.3) is 0 Å². The number of hydrogen-bond donors (Lipinski definition) is 0. The van der Waals surface area contributed by atoms with Gasteiger partial charge in [-0.25, -0.2) is 4.79 Å². The number of benzene rings is 1. The monoisotopic (exact) mass is 318 g/mol. The summed E-state index contributed by atoms with van der Waals surface area (Å²) in [5.74, 6) is 0.266. The van der Waals surface area contributed by atoms with E-state index in [0.29, 0.717) is 5.92 Å². The standard InChI is InChI=1S/C18H26N2O3/c1-13-7-5-6-8-16(13)17(18(22)23-4)19(3)11-15-9-10-20(12-15)14(2)21/h5-8,15,17H,9-12H2,1-4H3. The van der Waals surface area contributed by atoms with Gasteiger partial charge in [-0.1, -0.05) is 24.3 Å². The molecule has 23 heavy (non-hydrogen) atoms. The van der Waals surface area contributed by atoms with E-state index < -0.39 is 6.04 Å². The molecule has 2 unspecified atom stereocenters. The summed E-state index contributed by atoms with van der Waals surface area (Å²) in [4.78, 5) is 27.7. The molecule has 5 nitrogen and oxygen atoms in total. The van der Waals surface area contributed by atoms with Gasteiger partial charge < -0.3 is 9.64 Å². The van der Waals surface area contributed by atoms with Gasteiger partial charge in [0.2, 0.25) is 5.91 Å². The first-order valence-corrected chi connectivity index (χ1v) is 8.03. The number of hydrogen-bond acceptors (Lipinski definition) is 4. The van der Waals surface area contributed by atoms with Gasteiger partial charge in [0.1, 0.15) is 6.04 Å². The molecule has 1 aliphatic heterocycles. The molecule has 0 spiro atoms. The number of amides is 1. The Hall–Kier alpha value is -1.88. The number of methoxy groups -OCH3 is 1. The van der Waals surface area contributed by atoms with Crippen molar-refractivity contribution < 1.29 is 14.3 Å². The van der Waals surface area contributed by atoms with E-state index in [4.69, 9.17) is 4.74 Å². The molecular formula is C18H26N2O3. The van der Waals surface area contributed by atoms with Gasteiger partial charge in [-0.3, -0.25) is 9.69 Å². The minimum atomic E-state index is -0.410. The van der Waals surface area contributed by atoms with Crippen LogP contribution in [0.1, 0.15) is 30.5 Å². The molecule has 0 aliphatic carbocycles. The van der Waals surface area contributed by atoms with Crippen LogP contribution in [0, 0.1) is 12.8 Å². The molecule has 1 aliphatic rings. The van der Waals surface area contributed by atoms with Crippen molar-refractivity contribution in [2.24, 2.45) is 5.92 Å². The smallest absolute Gasteiger partial charge is 0.327 e. The summed E-state index contributed by atoms with van der Waals surface area (Å²) >= 11 is 0. The first-order chi connectivity index (χ1) is 10.9. The Kier molecular flexibility index (Phi) is 5.77. The number of rotatable bonds is 5. The predicted octanol–water partition coefficient (Wildman–Crippen LogP) is 2.01. The zero-order valence-electron chi connectivity index (χ0n) is 14.4. The highest BCUT2D eigenvalue weighted by molar-refractivity contribution is 5.78. The van der Waals surface area contributed by atoms with Crippen molar-refractivity contribution in [2.75, 3.05) is 33.8 Å². The zero-order valence-corrected chi connectivity index (χ0v) is 14.4. The summed E-state index contributed by atoms with van der Waals surface area (Å²) in [5, 5.41) is 0. The predicted molar refractivity (Wildman–Crippen MR) is 88.9 cm³/mol. The maximum absolute atomic E-state index is 12.3. The molecule has 5 heteroatoms. The summed E-state index contributed by atoms with van der Waals surface area (Å²) in [6.45, 7) is 5.95. The van der Waals surface area contributed by atoms with Crippen molar-refractivity contribution in [1.82, 2.24) is 9.80 Å². The van der Waals surface area contributed by atoms with Gasteiger partial charge in [-0.05, 0) is 37.4 Å². The lowest BCUT2D eigenvalue weighted by atomic mass is 9.99. The number of likely N-dealkylation sites (N-methyl/N-ethyl adjacent to an activating group) is 1. The number of aryl methyl sites for hydroxylation is 1. The summed E-state index contributed by atoms with van der Waals surface area (Å²) in [6, 6.07) is 7.48. The van der Waals surface area contributed by atoms with E-state index in [1.807, 2.05) is 48.0 Å². The van der Waals surface area contributed by atoms with Gasteiger partial charge in [0.05, 0.1) is 7.11 Å². The van der Waals surface area contributed by atoms with E-state index in [-0.39, 0.29) is 11.9 Å². The number of ether oxygens (including phenoxy) is 1. The van der Waals surface area contributed by atoms with Crippen LogP contribution in [0.3, 0.4) is 0 Å². The molecule has 1 fully saturated rings. The molecule has 1 amide bonds. The van der Waals surface area contributed by atoms with Crippen molar-refractivity contribution in [3.05, 3.63) is 35.4 Å². The Labute approximate surface area is 138 Å². The number of carbonyl (C=O) groups is 2. The van der Waals surface area contributed by atoms with Crippen LogP contribution in [0.2, 0.25) is 0 Å². The number of nitrogens with zero attached hydrogens (tertiary/aromatic N) is 2. The van der Waals surface area contributed by atoms with Gasteiger partial charge in [0, 0.05) is 26.6 Å². The van der Waals surface area contributed by atoms with Crippen LogP contribution in [0.4, 0.5) is 0 Å². The van der Waals surface area contributed by atoms with Gasteiger partial charge >= 0.3 is 5.97 Å². The average Bonchev–Trinajstić information content (AvgIpc) is 2.98. The maximum atomic E-state index is 12.3. The first-order valence-electron chi connectivity index (χ1n) is 8.03. The molecule has 1 aromatic carbocycles. The Morgan fingerprint density at radius 1 is 1.39 bits per heavy atom. The zero-order chi connectivity index (χ0) is 17.0. The highest BCUT2D eigenvalue weighted by atomic mass is 16.5. The highest BCUT2D eigenvalue weighted by Crippen LogP contribution is 2.27. The second-order valence-electron chi connectivity index (χ2n) is 6.34. The SMILES string of the molecule is COC(=O)C(c1ccccc1C)N(C)CC1CCN(C(C)=O)C1. The summed E-state index contributed by atoms with van der Waals surface area (Å²) in [5.41, 5.74) is 2.05. The molecule has 0 N–H and O–H groups in total. The van der Waals surface area contributed by atoms with Crippen molar-refractivity contribution in [1.29, 1.82) is 0 Å². The Morgan fingerprint density at radius 2 is 2.09 bits per heavy atom. The topological polar surface area (TPSA) is 49.9 Å². The molecule has 2 atom stereocenters. The second-order valence-corrected chi connectivity index (χ2v) is 6.34. The van der Waals surface area contributed by atoms with Crippen LogP contribution in [-0.2, 0) is 14.3 Å². The number of likely N-dealkylation sites (tertiary alicyclic amines) is 1. The van der Waals surface area contributed by atoms with E-state index in [0.717, 1.165) is 37.2 Å². The summed E-state index contributed by atoms with van der Waals surface area (Å²) in [6.07, 6.45) is 0.978. The van der Waals surface area contributed by atoms with Crippen LogP contribution < -0.4 is 0 Å². The van der Waals surface area contributed by atoms with Crippen LogP contribution in [-0.4, -0.2) is 55.5 Å². The van der Waals surface area contributed by atoms with E-state index >= 15 is 0 Å². The normalized spacial score (nSPS) is 19.0. The fraction of sp³-hybridized carbons (Fsp3) is 0.556. The minimum Gasteiger partial charge on any atom is -0.468 e. The molecule has 0 aromatic heterocycles. The molecule has 126 valence electrons. The Bertz CT molecular complexity index is 573. The van der Waals surface area contributed by atoms with Crippen LogP contribution >= 0.6 is 0 Å². The van der Waals surface area contributed by atoms with Crippen molar-refractivity contribution in [2.45, 2.75) is 26.3 Å². The number of esters is 1. The lowest BCUT2D eigenvalue weighted by Crippen LogP contribution is -2.36.